The molecule has 5 nitrogen and oxygen atoms in total. The van der Waals surface area contributed by atoms with Crippen molar-refractivity contribution in [2.45, 2.75) is 11.8 Å². The van der Waals surface area contributed by atoms with Gasteiger partial charge in [0, 0.05) is 10.6 Å². The van der Waals surface area contributed by atoms with Crippen molar-refractivity contribution in [2.75, 3.05) is 5.32 Å². The van der Waals surface area contributed by atoms with Gasteiger partial charge in [-0.15, -0.1) is 0 Å². The minimum atomic E-state index is -3.91. The fraction of sp³-hybridized carbons (Fsp3) is 0.0714. The van der Waals surface area contributed by atoms with Crippen molar-refractivity contribution in [1.82, 2.24) is 0 Å². The second kappa shape index (κ2) is 5.85. The Bertz CT molecular complexity index is 804. The molecule has 0 aromatic heterocycles. The summed E-state index contributed by atoms with van der Waals surface area (Å²) in [7, 11) is -3.91. The van der Waals surface area contributed by atoms with Crippen LogP contribution in [0.3, 0.4) is 0 Å². The van der Waals surface area contributed by atoms with Gasteiger partial charge in [0.05, 0.1) is 5.69 Å². The Balaban J connectivity index is 2.34. The molecule has 3 N–H and O–H groups in total. The molecule has 110 valence electrons. The third kappa shape index (κ3) is 3.60. The molecular weight excluding hydrogens is 312 g/mol. The number of halogens is 1. The largest absolute Gasteiger partial charge is 0.321 e. The standard InChI is InChI=1S/C14H13ClN2O3S/c1-9-8-10(6-7-11(9)15)14(18)17-12-4-2-3-5-13(12)21(16,19)20/h2-8H,1H3,(H,17,18)(H2,16,19,20). The molecule has 0 aliphatic rings. The number of benzene rings is 2. The molecule has 0 saturated carbocycles. The Morgan fingerprint density at radius 2 is 1.86 bits per heavy atom. The number of amides is 1. The van der Waals surface area contributed by atoms with Crippen LogP contribution in [-0.4, -0.2) is 14.3 Å². The number of hydrogen-bond donors (Lipinski definition) is 2. The summed E-state index contributed by atoms with van der Waals surface area (Å²) in [4.78, 5) is 12.0. The van der Waals surface area contributed by atoms with E-state index in [0.717, 1.165) is 5.56 Å². The van der Waals surface area contributed by atoms with Gasteiger partial charge in [-0.25, -0.2) is 13.6 Å². The lowest BCUT2D eigenvalue weighted by molar-refractivity contribution is 0.102. The number of para-hydroxylation sites is 1. The zero-order chi connectivity index (χ0) is 15.6. The van der Waals surface area contributed by atoms with Gasteiger partial charge in [0.2, 0.25) is 10.0 Å². The van der Waals surface area contributed by atoms with Crippen LogP contribution in [0.15, 0.2) is 47.4 Å². The van der Waals surface area contributed by atoms with E-state index in [1.807, 2.05) is 0 Å². The Kier molecular flexibility index (Phi) is 4.32. The average Bonchev–Trinajstić information content (AvgIpc) is 2.41. The van der Waals surface area contributed by atoms with Gasteiger partial charge in [0.1, 0.15) is 4.90 Å². The first-order valence-electron chi connectivity index (χ1n) is 5.98. The number of rotatable bonds is 3. The maximum absolute atomic E-state index is 12.2. The molecule has 0 unspecified atom stereocenters. The number of nitrogens with one attached hydrogen (secondary N) is 1. The lowest BCUT2D eigenvalue weighted by atomic mass is 10.1. The fourth-order valence-corrected chi connectivity index (χ4v) is 2.61. The van der Waals surface area contributed by atoms with Crippen LogP contribution < -0.4 is 10.5 Å². The third-order valence-corrected chi connectivity index (χ3v) is 4.26. The van der Waals surface area contributed by atoms with Crippen molar-refractivity contribution in [3.05, 3.63) is 58.6 Å². The summed E-state index contributed by atoms with van der Waals surface area (Å²) in [5.41, 5.74) is 1.27. The van der Waals surface area contributed by atoms with E-state index in [1.165, 1.54) is 18.2 Å². The minimum absolute atomic E-state index is 0.135. The van der Waals surface area contributed by atoms with Crippen LogP contribution in [0.4, 0.5) is 5.69 Å². The van der Waals surface area contributed by atoms with E-state index < -0.39 is 15.9 Å². The van der Waals surface area contributed by atoms with E-state index in [4.69, 9.17) is 16.7 Å². The van der Waals surface area contributed by atoms with E-state index in [9.17, 15) is 13.2 Å². The van der Waals surface area contributed by atoms with Crippen LogP contribution in [-0.2, 0) is 10.0 Å². The summed E-state index contributed by atoms with van der Waals surface area (Å²) >= 11 is 5.90. The SMILES string of the molecule is Cc1cc(C(=O)Nc2ccccc2S(N)(=O)=O)ccc1Cl. The van der Waals surface area contributed by atoms with E-state index >= 15 is 0 Å². The maximum atomic E-state index is 12.2. The number of carbonyl (C=O) groups excluding carboxylic acids is 1. The molecule has 0 heterocycles. The number of anilines is 1. The Morgan fingerprint density at radius 1 is 1.19 bits per heavy atom. The quantitative estimate of drug-likeness (QED) is 0.909. The smallest absolute Gasteiger partial charge is 0.255 e. The van der Waals surface area contributed by atoms with Crippen molar-refractivity contribution >= 4 is 33.2 Å². The molecule has 0 spiro atoms. The van der Waals surface area contributed by atoms with Gasteiger partial charge in [-0.05, 0) is 42.8 Å². The van der Waals surface area contributed by atoms with Gasteiger partial charge in [0.15, 0.2) is 0 Å². The summed E-state index contributed by atoms with van der Waals surface area (Å²) in [6.45, 7) is 1.78. The topological polar surface area (TPSA) is 89.3 Å². The van der Waals surface area contributed by atoms with Crippen LogP contribution in [0.5, 0.6) is 0 Å². The predicted octanol–water partition coefficient (Wildman–Crippen LogP) is 2.55. The highest BCUT2D eigenvalue weighted by Crippen LogP contribution is 2.21. The number of aryl methyl sites for hydroxylation is 1. The van der Waals surface area contributed by atoms with E-state index in [1.54, 1.807) is 31.2 Å². The third-order valence-electron chi connectivity index (χ3n) is 2.86. The first kappa shape index (κ1) is 15.5. The summed E-state index contributed by atoms with van der Waals surface area (Å²) in [6, 6.07) is 10.7. The minimum Gasteiger partial charge on any atom is -0.321 e. The van der Waals surface area contributed by atoms with Gasteiger partial charge < -0.3 is 5.32 Å². The van der Waals surface area contributed by atoms with Crippen LogP contribution in [0.1, 0.15) is 15.9 Å². The molecule has 2 aromatic carbocycles. The molecule has 0 bridgehead atoms. The highest BCUT2D eigenvalue weighted by Gasteiger charge is 2.16. The molecule has 0 aliphatic carbocycles. The molecule has 0 atom stereocenters. The van der Waals surface area contributed by atoms with Crippen LogP contribution in [0.25, 0.3) is 0 Å². The highest BCUT2D eigenvalue weighted by atomic mass is 35.5. The summed E-state index contributed by atoms with van der Waals surface area (Å²) in [6.07, 6.45) is 0. The molecule has 7 heteroatoms. The predicted molar refractivity (Wildman–Crippen MR) is 82.0 cm³/mol. The molecule has 2 rings (SSSR count). The Hall–Kier alpha value is -1.89. The number of carbonyl (C=O) groups is 1. The van der Waals surface area contributed by atoms with Crippen LogP contribution >= 0.6 is 11.6 Å². The molecule has 0 saturated heterocycles. The second-order valence-electron chi connectivity index (χ2n) is 4.46. The maximum Gasteiger partial charge on any atom is 0.255 e. The Morgan fingerprint density at radius 3 is 2.48 bits per heavy atom. The molecule has 2 aromatic rings. The molecule has 1 amide bonds. The highest BCUT2D eigenvalue weighted by molar-refractivity contribution is 7.89. The number of sulfonamides is 1. The average molecular weight is 325 g/mol. The molecular formula is C14H13ClN2O3S. The van der Waals surface area contributed by atoms with Gasteiger partial charge in [-0.2, -0.15) is 0 Å². The first-order chi connectivity index (χ1) is 9.79. The zero-order valence-corrected chi connectivity index (χ0v) is 12.7. The van der Waals surface area contributed by atoms with E-state index in [-0.39, 0.29) is 10.6 Å². The summed E-state index contributed by atoms with van der Waals surface area (Å²) in [5.74, 6) is -0.439. The van der Waals surface area contributed by atoms with Crippen molar-refractivity contribution in [2.24, 2.45) is 5.14 Å². The van der Waals surface area contributed by atoms with Gasteiger partial charge in [0.25, 0.3) is 5.91 Å². The summed E-state index contributed by atoms with van der Waals surface area (Å²) < 4.78 is 23.0. The van der Waals surface area contributed by atoms with Crippen molar-refractivity contribution in [3.8, 4) is 0 Å². The number of hydrogen-bond acceptors (Lipinski definition) is 3. The molecule has 0 radical (unpaired) electrons. The summed E-state index contributed by atoms with van der Waals surface area (Å²) in [5, 5.41) is 8.21. The normalized spacial score (nSPS) is 11.2. The monoisotopic (exact) mass is 324 g/mol. The molecule has 21 heavy (non-hydrogen) atoms. The van der Waals surface area contributed by atoms with Crippen molar-refractivity contribution < 1.29 is 13.2 Å². The van der Waals surface area contributed by atoms with Gasteiger partial charge in [-0.1, -0.05) is 23.7 Å². The van der Waals surface area contributed by atoms with Gasteiger partial charge >= 0.3 is 0 Å². The van der Waals surface area contributed by atoms with Gasteiger partial charge in [-0.3, -0.25) is 4.79 Å². The second-order valence-corrected chi connectivity index (χ2v) is 6.40. The number of primary sulfonamides is 1. The lowest BCUT2D eigenvalue weighted by Gasteiger charge is -2.10. The molecule has 0 aliphatic heterocycles. The fourth-order valence-electron chi connectivity index (χ4n) is 1.80. The van der Waals surface area contributed by atoms with Crippen LogP contribution in [0, 0.1) is 6.92 Å². The zero-order valence-electron chi connectivity index (χ0n) is 11.1. The number of nitrogens with two attached hydrogens (primary N) is 1. The molecule has 0 fully saturated rings. The van der Waals surface area contributed by atoms with E-state index in [0.29, 0.717) is 10.6 Å². The van der Waals surface area contributed by atoms with Crippen LogP contribution in [0.2, 0.25) is 5.02 Å². The Labute approximate surface area is 127 Å². The van der Waals surface area contributed by atoms with Crippen molar-refractivity contribution in [1.29, 1.82) is 0 Å². The lowest BCUT2D eigenvalue weighted by Crippen LogP contribution is -2.18. The van der Waals surface area contributed by atoms with E-state index in [2.05, 4.69) is 5.32 Å². The van der Waals surface area contributed by atoms with Crippen molar-refractivity contribution in [3.63, 3.8) is 0 Å². The first-order valence-corrected chi connectivity index (χ1v) is 7.91.